The van der Waals surface area contributed by atoms with Gasteiger partial charge in [-0.3, -0.25) is 0 Å². The highest BCUT2D eigenvalue weighted by Crippen LogP contribution is 2.34. The molecule has 0 spiro atoms. The molecular formula is C14H21BrN2. The Kier molecular flexibility index (Phi) is 3.50. The molecule has 0 saturated carbocycles. The van der Waals surface area contributed by atoms with Gasteiger partial charge < -0.3 is 10.6 Å². The lowest BCUT2D eigenvalue weighted by molar-refractivity contribution is 0.334. The third-order valence-corrected chi connectivity index (χ3v) is 4.22. The van der Waals surface area contributed by atoms with Crippen LogP contribution in [-0.2, 0) is 0 Å². The first-order valence-corrected chi connectivity index (χ1v) is 6.99. The van der Waals surface area contributed by atoms with E-state index in [0.29, 0.717) is 6.04 Å². The number of nitrogens with two attached hydrogens (primary N) is 1. The van der Waals surface area contributed by atoms with Crippen LogP contribution in [0.25, 0.3) is 0 Å². The van der Waals surface area contributed by atoms with Gasteiger partial charge in [-0.05, 0) is 57.4 Å². The molecule has 2 rings (SSSR count). The van der Waals surface area contributed by atoms with Crippen LogP contribution in [0.2, 0.25) is 0 Å². The molecule has 1 atom stereocenters. The summed E-state index contributed by atoms with van der Waals surface area (Å²) in [5.74, 6) is 0. The average molecular weight is 297 g/mol. The second-order valence-electron chi connectivity index (χ2n) is 5.65. The second kappa shape index (κ2) is 4.62. The number of hydrogen-bond acceptors (Lipinski definition) is 2. The van der Waals surface area contributed by atoms with Crippen molar-refractivity contribution in [1.29, 1.82) is 0 Å². The number of nitrogens with zero attached hydrogens (tertiary/aromatic N) is 1. The van der Waals surface area contributed by atoms with E-state index in [1.165, 1.54) is 11.3 Å². The fraction of sp³-hybridized carbons (Fsp3) is 0.571. The van der Waals surface area contributed by atoms with Crippen molar-refractivity contribution in [3.8, 4) is 0 Å². The Morgan fingerprint density at radius 2 is 2.12 bits per heavy atom. The Morgan fingerprint density at radius 1 is 1.41 bits per heavy atom. The van der Waals surface area contributed by atoms with Crippen LogP contribution in [0.1, 0.15) is 32.3 Å². The summed E-state index contributed by atoms with van der Waals surface area (Å²) in [7, 11) is 0. The topological polar surface area (TPSA) is 29.3 Å². The first-order chi connectivity index (χ1) is 7.90. The molecule has 0 bridgehead atoms. The van der Waals surface area contributed by atoms with Crippen molar-refractivity contribution in [3.05, 3.63) is 28.2 Å². The molecule has 1 saturated heterocycles. The normalized spacial score (nSPS) is 23.8. The van der Waals surface area contributed by atoms with Crippen LogP contribution in [0.4, 0.5) is 5.69 Å². The standard InChI is InChI=1S/C14H21BrN2/c1-10-8-11(15)4-5-13(10)17-9-12(16)6-7-14(17,2)3/h4-5,8,12H,6-7,9,16H2,1-3H3. The fourth-order valence-electron chi connectivity index (χ4n) is 2.59. The summed E-state index contributed by atoms with van der Waals surface area (Å²) < 4.78 is 1.14. The Balaban J connectivity index is 2.36. The summed E-state index contributed by atoms with van der Waals surface area (Å²) in [6.45, 7) is 7.73. The average Bonchev–Trinajstić information content (AvgIpc) is 2.23. The van der Waals surface area contributed by atoms with E-state index in [1.54, 1.807) is 0 Å². The first kappa shape index (κ1) is 12.9. The highest BCUT2D eigenvalue weighted by molar-refractivity contribution is 9.10. The van der Waals surface area contributed by atoms with Crippen LogP contribution in [-0.4, -0.2) is 18.1 Å². The zero-order valence-electron chi connectivity index (χ0n) is 10.8. The van der Waals surface area contributed by atoms with E-state index in [0.717, 1.165) is 23.9 Å². The molecule has 0 aromatic heterocycles. The predicted octanol–water partition coefficient (Wildman–Crippen LogP) is 3.46. The molecule has 1 heterocycles. The van der Waals surface area contributed by atoms with Gasteiger partial charge in [0.2, 0.25) is 0 Å². The van der Waals surface area contributed by atoms with Crippen molar-refractivity contribution < 1.29 is 0 Å². The summed E-state index contributed by atoms with van der Waals surface area (Å²) in [5.41, 5.74) is 8.94. The van der Waals surface area contributed by atoms with Crippen molar-refractivity contribution in [2.24, 2.45) is 5.73 Å². The van der Waals surface area contributed by atoms with Crippen LogP contribution in [0.5, 0.6) is 0 Å². The van der Waals surface area contributed by atoms with Gasteiger partial charge in [-0.25, -0.2) is 0 Å². The van der Waals surface area contributed by atoms with E-state index in [9.17, 15) is 0 Å². The van der Waals surface area contributed by atoms with E-state index in [1.807, 2.05) is 0 Å². The highest BCUT2D eigenvalue weighted by Gasteiger charge is 2.33. The minimum absolute atomic E-state index is 0.203. The quantitative estimate of drug-likeness (QED) is 0.860. The first-order valence-electron chi connectivity index (χ1n) is 6.19. The predicted molar refractivity (Wildman–Crippen MR) is 77.5 cm³/mol. The van der Waals surface area contributed by atoms with Crippen LogP contribution in [0, 0.1) is 6.92 Å². The smallest absolute Gasteiger partial charge is 0.0401 e. The molecule has 1 aromatic carbocycles. The van der Waals surface area contributed by atoms with Gasteiger partial charge >= 0.3 is 0 Å². The van der Waals surface area contributed by atoms with Crippen molar-refractivity contribution in [3.63, 3.8) is 0 Å². The Labute approximate surface area is 112 Å². The van der Waals surface area contributed by atoms with Crippen LogP contribution < -0.4 is 10.6 Å². The molecule has 2 N–H and O–H groups in total. The molecule has 1 aliphatic rings. The SMILES string of the molecule is Cc1cc(Br)ccc1N1CC(N)CCC1(C)C. The number of rotatable bonds is 1. The van der Waals surface area contributed by atoms with E-state index in [-0.39, 0.29) is 5.54 Å². The lowest BCUT2D eigenvalue weighted by Crippen LogP contribution is -2.54. The summed E-state index contributed by atoms with van der Waals surface area (Å²) in [5, 5.41) is 0. The monoisotopic (exact) mass is 296 g/mol. The van der Waals surface area contributed by atoms with E-state index >= 15 is 0 Å². The third-order valence-electron chi connectivity index (χ3n) is 3.72. The number of hydrogen-bond donors (Lipinski definition) is 1. The molecule has 0 radical (unpaired) electrons. The summed E-state index contributed by atoms with van der Waals surface area (Å²) in [6.07, 6.45) is 2.28. The third kappa shape index (κ3) is 2.66. The van der Waals surface area contributed by atoms with Gasteiger partial charge in [0, 0.05) is 28.3 Å². The Morgan fingerprint density at radius 3 is 2.76 bits per heavy atom. The molecule has 2 nitrogen and oxygen atoms in total. The lowest BCUT2D eigenvalue weighted by Gasteiger charge is -2.47. The summed E-state index contributed by atoms with van der Waals surface area (Å²) in [6, 6.07) is 6.77. The number of aryl methyl sites for hydroxylation is 1. The van der Waals surface area contributed by atoms with Gasteiger partial charge in [0.15, 0.2) is 0 Å². The highest BCUT2D eigenvalue weighted by atomic mass is 79.9. The van der Waals surface area contributed by atoms with Gasteiger partial charge in [0.1, 0.15) is 0 Å². The second-order valence-corrected chi connectivity index (χ2v) is 6.57. The maximum Gasteiger partial charge on any atom is 0.0401 e. The van der Waals surface area contributed by atoms with E-state index < -0.39 is 0 Å². The molecule has 0 aliphatic carbocycles. The summed E-state index contributed by atoms with van der Waals surface area (Å²) in [4.78, 5) is 2.46. The minimum atomic E-state index is 0.203. The number of anilines is 1. The molecule has 3 heteroatoms. The largest absolute Gasteiger partial charge is 0.365 e. The lowest BCUT2D eigenvalue weighted by atomic mass is 9.87. The maximum atomic E-state index is 6.11. The minimum Gasteiger partial charge on any atom is -0.365 e. The van der Waals surface area contributed by atoms with Gasteiger partial charge in [-0.15, -0.1) is 0 Å². The molecule has 1 fully saturated rings. The summed E-state index contributed by atoms with van der Waals surface area (Å²) >= 11 is 3.52. The van der Waals surface area contributed by atoms with Crippen LogP contribution >= 0.6 is 15.9 Å². The van der Waals surface area contributed by atoms with E-state index in [4.69, 9.17) is 5.73 Å². The molecule has 17 heavy (non-hydrogen) atoms. The molecule has 1 unspecified atom stereocenters. The van der Waals surface area contributed by atoms with Crippen molar-refractivity contribution in [2.45, 2.75) is 45.2 Å². The maximum absolute atomic E-state index is 6.11. The van der Waals surface area contributed by atoms with Gasteiger partial charge in [0.05, 0.1) is 0 Å². The number of benzene rings is 1. The zero-order chi connectivity index (χ0) is 12.6. The van der Waals surface area contributed by atoms with Crippen molar-refractivity contribution >= 4 is 21.6 Å². The fourth-order valence-corrected chi connectivity index (χ4v) is 3.07. The molecular weight excluding hydrogens is 276 g/mol. The van der Waals surface area contributed by atoms with Crippen molar-refractivity contribution in [2.75, 3.05) is 11.4 Å². The number of halogens is 1. The van der Waals surface area contributed by atoms with Gasteiger partial charge in [0.25, 0.3) is 0 Å². The Bertz CT molecular complexity index is 415. The molecule has 1 aromatic rings. The Hall–Kier alpha value is -0.540. The van der Waals surface area contributed by atoms with Crippen LogP contribution in [0.3, 0.4) is 0 Å². The molecule has 1 aliphatic heterocycles. The van der Waals surface area contributed by atoms with Gasteiger partial charge in [-0.1, -0.05) is 15.9 Å². The van der Waals surface area contributed by atoms with Crippen molar-refractivity contribution in [1.82, 2.24) is 0 Å². The molecule has 94 valence electrons. The van der Waals surface area contributed by atoms with Gasteiger partial charge in [-0.2, -0.15) is 0 Å². The van der Waals surface area contributed by atoms with Crippen LogP contribution in [0.15, 0.2) is 22.7 Å². The molecule has 0 amide bonds. The van der Waals surface area contributed by atoms with E-state index in [2.05, 4.69) is 59.8 Å². The zero-order valence-corrected chi connectivity index (χ0v) is 12.4. The number of piperidine rings is 1.